The molecular weight excluding hydrogens is 264 g/mol. The van der Waals surface area contributed by atoms with Crippen LogP contribution in [0.3, 0.4) is 0 Å². The van der Waals surface area contributed by atoms with E-state index in [1.807, 2.05) is 36.4 Å². The lowest BCUT2D eigenvalue weighted by Gasteiger charge is -2.13. The Bertz CT molecular complexity index is 557. The molecule has 0 fully saturated rings. The number of nitrogens with one attached hydrogen (secondary N) is 2. The molecule has 3 N–H and O–H groups in total. The zero-order chi connectivity index (χ0) is 15.1. The summed E-state index contributed by atoms with van der Waals surface area (Å²) in [6.45, 7) is 4.95. The minimum Gasteiger partial charge on any atom is -0.396 e. The summed E-state index contributed by atoms with van der Waals surface area (Å²) in [6.07, 6.45) is 0.672. The first-order chi connectivity index (χ1) is 10.2. The molecule has 5 heteroatoms. The van der Waals surface area contributed by atoms with Crippen LogP contribution < -0.4 is 10.6 Å². The third-order valence-corrected chi connectivity index (χ3v) is 2.85. The molecule has 0 aliphatic rings. The Morgan fingerprint density at radius 1 is 1.14 bits per heavy atom. The largest absolute Gasteiger partial charge is 0.396 e. The van der Waals surface area contributed by atoms with Gasteiger partial charge < -0.3 is 15.7 Å². The van der Waals surface area contributed by atoms with E-state index >= 15 is 0 Å². The van der Waals surface area contributed by atoms with Gasteiger partial charge in [0.15, 0.2) is 0 Å². The highest BCUT2D eigenvalue weighted by Gasteiger charge is 2.07. The zero-order valence-corrected chi connectivity index (χ0v) is 12.5. The number of benzene rings is 1. The summed E-state index contributed by atoms with van der Waals surface area (Å²) in [5, 5.41) is 15.3. The molecule has 2 rings (SSSR count). The SMILES string of the molecule is CC(C)Nc1cc(-c2ccccc2)nc(NCCCO)n1. The average Bonchev–Trinajstić information content (AvgIpc) is 2.47. The quantitative estimate of drug-likeness (QED) is 0.683. The number of rotatable bonds is 7. The van der Waals surface area contributed by atoms with Crippen molar-refractivity contribution in [3.05, 3.63) is 36.4 Å². The summed E-state index contributed by atoms with van der Waals surface area (Å²) in [5.41, 5.74) is 1.93. The molecule has 0 amide bonds. The molecule has 0 saturated heterocycles. The van der Waals surface area contributed by atoms with Gasteiger partial charge in [0.05, 0.1) is 5.69 Å². The van der Waals surface area contributed by atoms with E-state index in [2.05, 4.69) is 34.4 Å². The van der Waals surface area contributed by atoms with Crippen LogP contribution in [0.4, 0.5) is 11.8 Å². The molecule has 1 aromatic carbocycles. The fraction of sp³-hybridized carbons (Fsp3) is 0.375. The molecule has 0 aliphatic heterocycles. The second-order valence-corrected chi connectivity index (χ2v) is 5.13. The minimum atomic E-state index is 0.155. The standard InChI is InChI=1S/C16H22N4O/c1-12(2)18-15-11-14(13-7-4-3-5-8-13)19-16(20-15)17-9-6-10-21/h3-5,7-8,11-12,21H,6,9-10H2,1-2H3,(H2,17,18,19,20). The molecule has 0 spiro atoms. The van der Waals surface area contributed by atoms with E-state index in [1.54, 1.807) is 0 Å². The fourth-order valence-electron chi connectivity index (χ4n) is 1.93. The summed E-state index contributed by atoms with van der Waals surface area (Å²) in [6, 6.07) is 12.3. The highest BCUT2D eigenvalue weighted by atomic mass is 16.3. The van der Waals surface area contributed by atoms with Crippen molar-refractivity contribution < 1.29 is 5.11 Å². The maximum absolute atomic E-state index is 8.86. The maximum atomic E-state index is 8.86. The van der Waals surface area contributed by atoms with Crippen molar-refractivity contribution in [3.8, 4) is 11.3 Å². The maximum Gasteiger partial charge on any atom is 0.225 e. The number of aliphatic hydroxyl groups excluding tert-OH is 1. The van der Waals surface area contributed by atoms with Gasteiger partial charge in [0, 0.05) is 30.8 Å². The van der Waals surface area contributed by atoms with Crippen LogP contribution in [0, 0.1) is 0 Å². The molecule has 112 valence electrons. The van der Waals surface area contributed by atoms with Gasteiger partial charge in [-0.3, -0.25) is 0 Å². The van der Waals surface area contributed by atoms with Gasteiger partial charge in [-0.1, -0.05) is 30.3 Å². The summed E-state index contributed by atoms with van der Waals surface area (Å²) in [5.74, 6) is 1.37. The number of aliphatic hydroxyl groups is 1. The molecule has 0 bridgehead atoms. The van der Waals surface area contributed by atoms with E-state index in [0.717, 1.165) is 17.1 Å². The normalized spacial score (nSPS) is 10.7. The van der Waals surface area contributed by atoms with E-state index in [4.69, 9.17) is 5.11 Å². The van der Waals surface area contributed by atoms with E-state index in [1.165, 1.54) is 0 Å². The summed E-state index contributed by atoms with van der Waals surface area (Å²) in [7, 11) is 0. The van der Waals surface area contributed by atoms with Gasteiger partial charge in [-0.25, -0.2) is 4.98 Å². The zero-order valence-electron chi connectivity index (χ0n) is 12.5. The Morgan fingerprint density at radius 2 is 1.90 bits per heavy atom. The highest BCUT2D eigenvalue weighted by molar-refractivity contribution is 5.64. The fourth-order valence-corrected chi connectivity index (χ4v) is 1.93. The van der Waals surface area contributed by atoms with Crippen LogP contribution in [0.2, 0.25) is 0 Å². The lowest BCUT2D eigenvalue weighted by atomic mass is 10.1. The third-order valence-electron chi connectivity index (χ3n) is 2.85. The Hall–Kier alpha value is -2.14. The van der Waals surface area contributed by atoms with Gasteiger partial charge in [0.2, 0.25) is 5.95 Å². The van der Waals surface area contributed by atoms with Crippen LogP contribution in [0.1, 0.15) is 20.3 Å². The lowest BCUT2D eigenvalue weighted by Crippen LogP contribution is -2.14. The van der Waals surface area contributed by atoms with Gasteiger partial charge >= 0.3 is 0 Å². The highest BCUT2D eigenvalue weighted by Crippen LogP contribution is 2.21. The predicted octanol–water partition coefficient (Wildman–Crippen LogP) is 2.76. The molecule has 0 radical (unpaired) electrons. The van der Waals surface area contributed by atoms with Crippen LogP contribution in [0.15, 0.2) is 36.4 Å². The first-order valence-electron chi connectivity index (χ1n) is 7.25. The van der Waals surface area contributed by atoms with Crippen LogP contribution in [-0.4, -0.2) is 34.3 Å². The van der Waals surface area contributed by atoms with Crippen LogP contribution >= 0.6 is 0 Å². The second-order valence-electron chi connectivity index (χ2n) is 5.13. The summed E-state index contributed by atoms with van der Waals surface area (Å²) >= 11 is 0. The molecule has 0 unspecified atom stereocenters. The predicted molar refractivity (Wildman–Crippen MR) is 86.4 cm³/mol. The number of anilines is 2. The van der Waals surface area contributed by atoms with E-state index in [-0.39, 0.29) is 6.61 Å². The van der Waals surface area contributed by atoms with Crippen molar-refractivity contribution in [1.82, 2.24) is 9.97 Å². The molecule has 0 aliphatic carbocycles. The molecule has 5 nitrogen and oxygen atoms in total. The topological polar surface area (TPSA) is 70.1 Å². The third kappa shape index (κ3) is 4.72. The van der Waals surface area contributed by atoms with Gasteiger partial charge in [0.1, 0.15) is 5.82 Å². The van der Waals surface area contributed by atoms with E-state index in [9.17, 15) is 0 Å². The van der Waals surface area contributed by atoms with Gasteiger partial charge in [-0.2, -0.15) is 4.98 Å². The Kier molecular flexibility index (Phi) is 5.51. The van der Waals surface area contributed by atoms with Gasteiger partial charge in [-0.05, 0) is 20.3 Å². The van der Waals surface area contributed by atoms with Gasteiger partial charge in [-0.15, -0.1) is 0 Å². The monoisotopic (exact) mass is 286 g/mol. The Balaban J connectivity index is 2.28. The van der Waals surface area contributed by atoms with Crippen molar-refractivity contribution in [2.24, 2.45) is 0 Å². The number of nitrogens with zero attached hydrogens (tertiary/aromatic N) is 2. The van der Waals surface area contributed by atoms with Gasteiger partial charge in [0.25, 0.3) is 0 Å². The average molecular weight is 286 g/mol. The molecule has 0 atom stereocenters. The Labute approximate surface area is 125 Å². The number of hydrogen-bond acceptors (Lipinski definition) is 5. The second kappa shape index (κ2) is 7.59. The van der Waals surface area contributed by atoms with Crippen molar-refractivity contribution in [1.29, 1.82) is 0 Å². The molecule has 0 saturated carbocycles. The van der Waals surface area contributed by atoms with Crippen LogP contribution in [0.5, 0.6) is 0 Å². The molecule has 2 aromatic rings. The van der Waals surface area contributed by atoms with E-state index in [0.29, 0.717) is 25.0 Å². The molecule has 21 heavy (non-hydrogen) atoms. The van der Waals surface area contributed by atoms with E-state index < -0.39 is 0 Å². The van der Waals surface area contributed by atoms with Crippen molar-refractivity contribution >= 4 is 11.8 Å². The summed E-state index contributed by atoms with van der Waals surface area (Å²) < 4.78 is 0. The van der Waals surface area contributed by atoms with Crippen molar-refractivity contribution in [2.75, 3.05) is 23.8 Å². The first kappa shape index (κ1) is 15.3. The molecular formula is C16H22N4O. The van der Waals surface area contributed by atoms with Crippen LogP contribution in [0.25, 0.3) is 11.3 Å². The summed E-state index contributed by atoms with van der Waals surface area (Å²) in [4.78, 5) is 8.99. The Morgan fingerprint density at radius 3 is 2.57 bits per heavy atom. The van der Waals surface area contributed by atoms with Crippen molar-refractivity contribution in [2.45, 2.75) is 26.3 Å². The number of aromatic nitrogens is 2. The van der Waals surface area contributed by atoms with Crippen molar-refractivity contribution in [3.63, 3.8) is 0 Å². The number of hydrogen-bond donors (Lipinski definition) is 3. The lowest BCUT2D eigenvalue weighted by molar-refractivity contribution is 0.292. The molecule has 1 heterocycles. The smallest absolute Gasteiger partial charge is 0.225 e. The minimum absolute atomic E-state index is 0.155. The molecule has 1 aromatic heterocycles. The first-order valence-corrected chi connectivity index (χ1v) is 7.25. The van der Waals surface area contributed by atoms with Crippen LogP contribution in [-0.2, 0) is 0 Å².